The summed E-state index contributed by atoms with van der Waals surface area (Å²) >= 11 is 6.52. The Bertz CT molecular complexity index is 1230. The smallest absolute Gasteiger partial charge is 0.275 e. The average molecular weight is 517 g/mol. The number of allylic oxidation sites excluding steroid dienone is 1. The van der Waals surface area contributed by atoms with Gasteiger partial charge in [0.2, 0.25) is 11.8 Å². The van der Waals surface area contributed by atoms with Gasteiger partial charge in [-0.05, 0) is 36.6 Å². The second kappa shape index (κ2) is 10.3. The normalized spacial score (nSPS) is 20.1. The molecule has 2 aromatic carbocycles. The molecule has 1 unspecified atom stereocenters. The van der Waals surface area contributed by atoms with Crippen molar-refractivity contribution < 1.29 is 23.2 Å². The molecule has 3 N–H and O–H groups in total. The number of benzene rings is 2. The van der Waals surface area contributed by atoms with Gasteiger partial charge in [-0.25, -0.2) is 8.78 Å². The molecule has 2 heterocycles. The largest absolute Gasteiger partial charge is 0.371 e. The fourth-order valence-corrected chi connectivity index (χ4v) is 4.84. The van der Waals surface area contributed by atoms with Crippen molar-refractivity contribution >= 4 is 46.3 Å². The minimum Gasteiger partial charge on any atom is -0.371 e. The molecule has 1 atom stereocenters. The van der Waals surface area contributed by atoms with Crippen molar-refractivity contribution in [3.8, 4) is 0 Å². The van der Waals surface area contributed by atoms with E-state index >= 15 is 8.78 Å². The molecule has 0 bridgehead atoms. The number of alkyl halides is 2. The number of hydrogen-bond donors (Lipinski definition) is 2. The molecular formula is C26H27ClF2N4O3. The number of nitrogens with two attached hydrogens (primary N) is 1. The lowest BCUT2D eigenvalue weighted by Crippen LogP contribution is -2.34. The quantitative estimate of drug-likeness (QED) is 0.590. The van der Waals surface area contributed by atoms with Crippen LogP contribution < -0.4 is 20.9 Å². The van der Waals surface area contributed by atoms with Gasteiger partial charge in [0.15, 0.2) is 0 Å². The van der Waals surface area contributed by atoms with Gasteiger partial charge in [0.25, 0.3) is 11.8 Å². The molecule has 4 rings (SSSR count). The summed E-state index contributed by atoms with van der Waals surface area (Å²) in [6, 6.07) is 11.4. The van der Waals surface area contributed by atoms with E-state index in [0.717, 1.165) is 31.3 Å². The molecule has 36 heavy (non-hydrogen) atoms. The topological polar surface area (TPSA) is 95.7 Å². The summed E-state index contributed by atoms with van der Waals surface area (Å²) in [5, 5.41) is 2.43. The number of carbonyl (C=O) groups excluding carboxylic acids is 3. The van der Waals surface area contributed by atoms with Gasteiger partial charge in [0.05, 0.1) is 22.8 Å². The second-order valence-corrected chi connectivity index (χ2v) is 9.58. The van der Waals surface area contributed by atoms with Crippen LogP contribution in [0.15, 0.2) is 48.5 Å². The van der Waals surface area contributed by atoms with Gasteiger partial charge in [-0.2, -0.15) is 0 Å². The third kappa shape index (κ3) is 5.36. The number of primary amides is 1. The Morgan fingerprint density at radius 1 is 1.19 bits per heavy atom. The Balaban J connectivity index is 1.68. The molecule has 2 aromatic rings. The lowest BCUT2D eigenvalue weighted by molar-refractivity contribution is -0.122. The summed E-state index contributed by atoms with van der Waals surface area (Å²) in [4.78, 5) is 40.2. The first-order valence-corrected chi connectivity index (χ1v) is 12.1. The van der Waals surface area contributed by atoms with Crippen LogP contribution in [-0.4, -0.2) is 49.8 Å². The zero-order chi connectivity index (χ0) is 26.0. The molecule has 7 nitrogen and oxygen atoms in total. The molecule has 3 amide bonds. The highest BCUT2D eigenvalue weighted by Gasteiger charge is 2.41. The van der Waals surface area contributed by atoms with Crippen LogP contribution in [0, 0.1) is 5.92 Å². The van der Waals surface area contributed by atoms with Crippen LogP contribution in [0.3, 0.4) is 0 Å². The zero-order valence-electron chi connectivity index (χ0n) is 19.8. The number of hydrogen-bond acceptors (Lipinski definition) is 4. The van der Waals surface area contributed by atoms with Crippen molar-refractivity contribution in [2.24, 2.45) is 11.7 Å². The summed E-state index contributed by atoms with van der Waals surface area (Å²) in [5.41, 5.74) is 5.88. The molecule has 0 aliphatic carbocycles. The predicted octanol–water partition coefficient (Wildman–Crippen LogP) is 3.86. The number of halogens is 3. The van der Waals surface area contributed by atoms with E-state index in [1.807, 2.05) is 6.07 Å². The lowest BCUT2D eigenvalue weighted by atomic mass is 9.97. The summed E-state index contributed by atoms with van der Waals surface area (Å²) < 4.78 is 30.5. The van der Waals surface area contributed by atoms with E-state index in [2.05, 4.69) is 17.1 Å². The molecule has 10 heteroatoms. The van der Waals surface area contributed by atoms with E-state index in [9.17, 15) is 14.4 Å². The van der Waals surface area contributed by atoms with Crippen molar-refractivity contribution in [3.63, 3.8) is 0 Å². The SMILES string of the molecule is CC1CCN(c2ccc(C(=O)N3CCC(F)(F)/C(=C\C(=O)NCC(N)=O)c4ccccc43)c(Cl)c2)C1. The van der Waals surface area contributed by atoms with E-state index in [-0.39, 0.29) is 28.4 Å². The second-order valence-electron chi connectivity index (χ2n) is 9.17. The van der Waals surface area contributed by atoms with E-state index in [0.29, 0.717) is 5.92 Å². The van der Waals surface area contributed by atoms with Gasteiger partial charge in [-0.1, -0.05) is 36.7 Å². The highest BCUT2D eigenvalue weighted by molar-refractivity contribution is 6.35. The van der Waals surface area contributed by atoms with Crippen LogP contribution in [0.5, 0.6) is 0 Å². The van der Waals surface area contributed by atoms with Crippen molar-refractivity contribution in [2.45, 2.75) is 25.7 Å². The molecule has 2 aliphatic heterocycles. The number of anilines is 2. The van der Waals surface area contributed by atoms with Crippen molar-refractivity contribution in [3.05, 3.63) is 64.7 Å². The molecule has 1 saturated heterocycles. The highest BCUT2D eigenvalue weighted by Crippen LogP contribution is 2.43. The van der Waals surface area contributed by atoms with Crippen LogP contribution in [0.25, 0.3) is 5.57 Å². The first-order valence-electron chi connectivity index (χ1n) is 11.7. The maximum atomic E-state index is 15.2. The molecule has 190 valence electrons. The fourth-order valence-electron chi connectivity index (χ4n) is 4.58. The highest BCUT2D eigenvalue weighted by atomic mass is 35.5. The number of rotatable bonds is 5. The number of nitrogens with one attached hydrogen (secondary N) is 1. The van der Waals surface area contributed by atoms with Gasteiger partial charge in [-0.15, -0.1) is 0 Å². The summed E-state index contributed by atoms with van der Waals surface area (Å²) in [5.74, 6) is -5.03. The van der Waals surface area contributed by atoms with Crippen LogP contribution in [-0.2, 0) is 9.59 Å². The minimum atomic E-state index is -3.41. The molecule has 1 fully saturated rings. The molecule has 0 aromatic heterocycles. The van der Waals surface area contributed by atoms with Crippen LogP contribution >= 0.6 is 11.6 Å². The Hall–Kier alpha value is -3.46. The standard InChI is InChI=1S/C26H27ClF2N4O3/c1-16-8-10-32(15-16)17-6-7-19(21(27)12-17)25(36)33-11-9-26(28,29)20(13-24(35)31-14-23(30)34)18-4-2-3-5-22(18)33/h2-7,12-13,16H,8-11,14-15H2,1H3,(H2,30,34)(H,31,35)/b20-13-. The molecule has 0 saturated carbocycles. The van der Waals surface area contributed by atoms with Crippen molar-refractivity contribution in [1.82, 2.24) is 5.32 Å². The Kier molecular flexibility index (Phi) is 7.31. The summed E-state index contributed by atoms with van der Waals surface area (Å²) in [6.45, 7) is 3.22. The Labute approximate surface area is 212 Å². The third-order valence-corrected chi connectivity index (χ3v) is 6.77. The van der Waals surface area contributed by atoms with Crippen LogP contribution in [0.4, 0.5) is 20.2 Å². The number of nitrogens with zero attached hydrogens (tertiary/aromatic N) is 2. The summed E-state index contributed by atoms with van der Waals surface area (Å²) in [6.07, 6.45) is 1.13. The molecule has 0 radical (unpaired) electrons. The maximum Gasteiger partial charge on any atom is 0.275 e. The van der Waals surface area contributed by atoms with Crippen molar-refractivity contribution in [1.29, 1.82) is 0 Å². The Morgan fingerprint density at radius 2 is 1.94 bits per heavy atom. The third-order valence-electron chi connectivity index (χ3n) is 6.46. The number of carbonyl (C=O) groups is 3. The average Bonchev–Trinajstić information content (AvgIpc) is 3.23. The van der Waals surface area contributed by atoms with Gasteiger partial charge >= 0.3 is 0 Å². The van der Waals surface area contributed by atoms with Gasteiger partial charge < -0.3 is 20.9 Å². The first kappa shape index (κ1) is 25.6. The fraction of sp³-hybridized carbons (Fsp3) is 0.346. The maximum absolute atomic E-state index is 15.2. The summed E-state index contributed by atoms with van der Waals surface area (Å²) in [7, 11) is 0. The van der Waals surface area contributed by atoms with Crippen molar-refractivity contribution in [2.75, 3.05) is 36.0 Å². The van der Waals surface area contributed by atoms with E-state index in [4.69, 9.17) is 17.3 Å². The van der Waals surface area contributed by atoms with E-state index in [1.54, 1.807) is 30.3 Å². The Morgan fingerprint density at radius 3 is 2.61 bits per heavy atom. The van der Waals surface area contributed by atoms with Gasteiger partial charge in [-0.3, -0.25) is 14.4 Å². The number of fused-ring (bicyclic) bond motifs is 1. The van der Waals surface area contributed by atoms with Gasteiger partial charge in [0, 0.05) is 49.0 Å². The number of amides is 3. The molecule has 2 aliphatic rings. The van der Waals surface area contributed by atoms with Gasteiger partial charge in [0.1, 0.15) is 0 Å². The predicted molar refractivity (Wildman–Crippen MR) is 135 cm³/mol. The number of para-hydroxylation sites is 1. The first-order chi connectivity index (χ1) is 17.1. The zero-order valence-corrected chi connectivity index (χ0v) is 20.5. The lowest BCUT2D eigenvalue weighted by Gasteiger charge is -2.24. The van der Waals surface area contributed by atoms with Crippen LogP contribution in [0.1, 0.15) is 35.7 Å². The minimum absolute atomic E-state index is 0.0429. The van der Waals surface area contributed by atoms with E-state index in [1.165, 1.54) is 11.0 Å². The molecular weight excluding hydrogens is 490 g/mol. The van der Waals surface area contributed by atoms with E-state index < -0.39 is 42.2 Å². The monoisotopic (exact) mass is 516 g/mol. The molecule has 0 spiro atoms. The van der Waals surface area contributed by atoms with Crippen LogP contribution in [0.2, 0.25) is 5.02 Å².